The molecule has 0 bridgehead atoms. The highest BCUT2D eigenvalue weighted by Gasteiger charge is 2.06. The summed E-state index contributed by atoms with van der Waals surface area (Å²) in [6.07, 6.45) is 3.46. The van der Waals surface area contributed by atoms with E-state index >= 15 is 0 Å². The maximum Gasteiger partial charge on any atom is 0.305 e. The molecule has 0 atom stereocenters. The van der Waals surface area contributed by atoms with Crippen molar-refractivity contribution in [3.8, 4) is 11.1 Å². The summed E-state index contributed by atoms with van der Waals surface area (Å²) in [6, 6.07) is 15.2. The van der Waals surface area contributed by atoms with Gasteiger partial charge >= 0.3 is 5.97 Å². The van der Waals surface area contributed by atoms with Gasteiger partial charge in [0.15, 0.2) is 0 Å². The quantitative estimate of drug-likeness (QED) is 0.721. The highest BCUT2D eigenvalue weighted by Crippen LogP contribution is 2.25. The van der Waals surface area contributed by atoms with Crippen LogP contribution in [0.5, 0.6) is 0 Å². The highest BCUT2D eigenvalue weighted by molar-refractivity contribution is 5.70. The van der Waals surface area contributed by atoms with Crippen molar-refractivity contribution < 1.29 is 9.53 Å². The number of ether oxygens (including phenoxy) is 1. The summed E-state index contributed by atoms with van der Waals surface area (Å²) in [5.74, 6) is -0.159. The average Bonchev–Trinajstić information content (AvgIpc) is 2.54. The number of carbonyl (C=O) groups is 1. The molecule has 22 heavy (non-hydrogen) atoms. The van der Waals surface area contributed by atoms with E-state index in [1.807, 2.05) is 0 Å². The van der Waals surface area contributed by atoms with Crippen LogP contribution in [0.15, 0.2) is 42.5 Å². The lowest BCUT2D eigenvalue weighted by Crippen LogP contribution is -2.02. The van der Waals surface area contributed by atoms with E-state index < -0.39 is 0 Å². The van der Waals surface area contributed by atoms with Gasteiger partial charge in [-0.2, -0.15) is 0 Å². The Labute approximate surface area is 133 Å². The maximum absolute atomic E-state index is 11.2. The predicted molar refractivity (Wildman–Crippen MR) is 90.9 cm³/mol. The third-order valence-electron chi connectivity index (χ3n) is 3.94. The van der Waals surface area contributed by atoms with Gasteiger partial charge in [0.2, 0.25) is 0 Å². The van der Waals surface area contributed by atoms with E-state index in [9.17, 15) is 4.79 Å². The molecule has 0 aliphatic heterocycles. The van der Waals surface area contributed by atoms with E-state index in [1.54, 1.807) is 0 Å². The van der Waals surface area contributed by atoms with Gasteiger partial charge in [0, 0.05) is 6.42 Å². The summed E-state index contributed by atoms with van der Waals surface area (Å²) < 4.78 is 4.69. The fraction of sp³-hybridized carbons (Fsp3) is 0.350. The summed E-state index contributed by atoms with van der Waals surface area (Å²) in [7, 11) is 1.43. The lowest BCUT2D eigenvalue weighted by molar-refractivity contribution is -0.140. The molecule has 0 unspecified atom stereocenters. The van der Waals surface area contributed by atoms with E-state index in [1.165, 1.54) is 41.3 Å². The maximum atomic E-state index is 11.2. The lowest BCUT2D eigenvalue weighted by Gasteiger charge is -2.10. The zero-order valence-electron chi connectivity index (χ0n) is 13.7. The van der Waals surface area contributed by atoms with Crippen LogP contribution in [0, 0.1) is 6.92 Å². The Bertz CT molecular complexity index is 627. The van der Waals surface area contributed by atoms with Crippen LogP contribution in [0.3, 0.4) is 0 Å². The number of benzene rings is 2. The number of methoxy groups -OCH3 is 1. The third-order valence-corrected chi connectivity index (χ3v) is 3.94. The van der Waals surface area contributed by atoms with Crippen LogP contribution < -0.4 is 0 Å². The Kier molecular flexibility index (Phi) is 5.76. The van der Waals surface area contributed by atoms with Gasteiger partial charge in [-0.05, 0) is 47.6 Å². The molecule has 2 nitrogen and oxygen atoms in total. The second-order valence-corrected chi connectivity index (χ2v) is 5.67. The van der Waals surface area contributed by atoms with Crippen molar-refractivity contribution in [3.63, 3.8) is 0 Å². The molecule has 2 aromatic rings. The van der Waals surface area contributed by atoms with Gasteiger partial charge < -0.3 is 4.74 Å². The second kappa shape index (κ2) is 7.79. The van der Waals surface area contributed by atoms with Crippen molar-refractivity contribution in [2.75, 3.05) is 7.11 Å². The molecule has 0 aliphatic carbocycles. The Hall–Kier alpha value is -2.09. The van der Waals surface area contributed by atoms with Gasteiger partial charge in [-0.25, -0.2) is 0 Å². The fourth-order valence-corrected chi connectivity index (χ4v) is 2.69. The number of esters is 1. The number of carbonyl (C=O) groups excluding carboxylic acids is 1. The van der Waals surface area contributed by atoms with Gasteiger partial charge in [0.05, 0.1) is 7.11 Å². The Morgan fingerprint density at radius 2 is 1.68 bits per heavy atom. The van der Waals surface area contributed by atoms with E-state index in [0.29, 0.717) is 6.42 Å². The Morgan fingerprint density at radius 3 is 2.27 bits per heavy atom. The van der Waals surface area contributed by atoms with Gasteiger partial charge in [-0.1, -0.05) is 55.8 Å². The van der Waals surface area contributed by atoms with E-state index in [2.05, 4.69) is 61.0 Å². The normalized spacial score (nSPS) is 10.5. The molecule has 0 spiro atoms. The van der Waals surface area contributed by atoms with Crippen LogP contribution in [0.2, 0.25) is 0 Å². The molecule has 0 saturated heterocycles. The van der Waals surface area contributed by atoms with Crippen molar-refractivity contribution >= 4 is 5.97 Å². The third kappa shape index (κ3) is 4.20. The van der Waals surface area contributed by atoms with Crippen LogP contribution in [0.1, 0.15) is 36.5 Å². The zero-order chi connectivity index (χ0) is 15.9. The molecule has 0 radical (unpaired) electrons. The van der Waals surface area contributed by atoms with Crippen molar-refractivity contribution in [1.29, 1.82) is 0 Å². The number of hydrogen-bond acceptors (Lipinski definition) is 2. The predicted octanol–water partition coefficient (Wildman–Crippen LogP) is 4.72. The monoisotopic (exact) mass is 296 g/mol. The van der Waals surface area contributed by atoms with Gasteiger partial charge in [0.25, 0.3) is 0 Å². The molecule has 0 fully saturated rings. The molecule has 0 amide bonds. The van der Waals surface area contributed by atoms with Crippen molar-refractivity contribution in [2.24, 2.45) is 0 Å². The minimum absolute atomic E-state index is 0.159. The standard InChI is InChI=1S/C20H24O2/c1-4-5-16-6-10-18(11-7-16)19-12-8-17(14-15(19)2)9-13-20(21)22-3/h6-8,10-12,14H,4-5,9,13H2,1-3H3. The topological polar surface area (TPSA) is 26.3 Å². The molecule has 0 saturated carbocycles. The molecule has 0 N–H and O–H groups in total. The largest absolute Gasteiger partial charge is 0.469 e. The molecular formula is C20H24O2. The van der Waals surface area contributed by atoms with Gasteiger partial charge in [-0.3, -0.25) is 4.79 Å². The van der Waals surface area contributed by atoms with Crippen LogP contribution >= 0.6 is 0 Å². The Morgan fingerprint density at radius 1 is 1.00 bits per heavy atom. The van der Waals surface area contributed by atoms with Gasteiger partial charge in [0.1, 0.15) is 0 Å². The van der Waals surface area contributed by atoms with E-state index in [0.717, 1.165) is 12.8 Å². The first-order valence-corrected chi connectivity index (χ1v) is 7.89. The minimum Gasteiger partial charge on any atom is -0.469 e. The molecule has 2 heteroatoms. The Balaban J connectivity index is 2.13. The van der Waals surface area contributed by atoms with E-state index in [4.69, 9.17) is 0 Å². The first-order valence-electron chi connectivity index (χ1n) is 7.89. The number of aryl methyl sites for hydroxylation is 3. The number of hydrogen-bond donors (Lipinski definition) is 0. The SMILES string of the molecule is CCCc1ccc(-c2ccc(CCC(=O)OC)cc2C)cc1. The van der Waals surface area contributed by atoms with Crippen LogP contribution in [0.25, 0.3) is 11.1 Å². The van der Waals surface area contributed by atoms with Gasteiger partial charge in [-0.15, -0.1) is 0 Å². The van der Waals surface area contributed by atoms with Crippen molar-refractivity contribution in [3.05, 3.63) is 59.2 Å². The van der Waals surface area contributed by atoms with Crippen molar-refractivity contribution in [2.45, 2.75) is 39.5 Å². The summed E-state index contributed by atoms with van der Waals surface area (Å²) in [6.45, 7) is 4.32. The zero-order valence-corrected chi connectivity index (χ0v) is 13.7. The molecule has 2 aromatic carbocycles. The molecular weight excluding hydrogens is 272 g/mol. The smallest absolute Gasteiger partial charge is 0.305 e. The first-order chi connectivity index (χ1) is 10.6. The van der Waals surface area contributed by atoms with Crippen LogP contribution in [-0.4, -0.2) is 13.1 Å². The van der Waals surface area contributed by atoms with Crippen LogP contribution in [-0.2, 0) is 22.4 Å². The van der Waals surface area contributed by atoms with Crippen LogP contribution in [0.4, 0.5) is 0 Å². The summed E-state index contributed by atoms with van der Waals surface area (Å²) in [4.78, 5) is 11.2. The minimum atomic E-state index is -0.159. The average molecular weight is 296 g/mol. The highest BCUT2D eigenvalue weighted by atomic mass is 16.5. The molecule has 116 valence electrons. The summed E-state index contributed by atoms with van der Waals surface area (Å²) in [5, 5.41) is 0. The van der Waals surface area contributed by atoms with E-state index in [-0.39, 0.29) is 5.97 Å². The van der Waals surface area contributed by atoms with Crippen molar-refractivity contribution in [1.82, 2.24) is 0 Å². The molecule has 0 heterocycles. The lowest BCUT2D eigenvalue weighted by atomic mass is 9.96. The molecule has 2 rings (SSSR count). The summed E-state index contributed by atoms with van der Waals surface area (Å²) in [5.41, 5.74) is 6.31. The summed E-state index contributed by atoms with van der Waals surface area (Å²) >= 11 is 0. The molecule has 0 aliphatic rings. The fourth-order valence-electron chi connectivity index (χ4n) is 2.69. The number of rotatable bonds is 6. The first kappa shape index (κ1) is 16.3. The molecule has 0 aromatic heterocycles. The second-order valence-electron chi connectivity index (χ2n) is 5.67.